The summed E-state index contributed by atoms with van der Waals surface area (Å²) in [6.45, 7) is 1.35. The van der Waals surface area contributed by atoms with Crippen LogP contribution in [0.15, 0.2) is 36.4 Å². The number of cyclic esters (lactones) is 1. The highest BCUT2D eigenvalue weighted by Gasteiger charge is 2.45. The number of hydrogen-bond donors (Lipinski definition) is 1. The molecule has 0 spiro atoms. The van der Waals surface area contributed by atoms with Gasteiger partial charge in [0.1, 0.15) is 5.82 Å². The van der Waals surface area contributed by atoms with E-state index in [4.69, 9.17) is 16.3 Å². The van der Waals surface area contributed by atoms with Crippen molar-refractivity contribution in [2.24, 2.45) is 0 Å². The van der Waals surface area contributed by atoms with Crippen molar-refractivity contribution in [1.29, 1.82) is 0 Å². The van der Waals surface area contributed by atoms with Crippen LogP contribution in [0.4, 0.5) is 4.39 Å². The zero-order valence-electron chi connectivity index (χ0n) is 10.9. The van der Waals surface area contributed by atoms with Crippen LogP contribution in [0.3, 0.4) is 0 Å². The number of esters is 1. The van der Waals surface area contributed by atoms with E-state index in [1.807, 2.05) is 0 Å². The third kappa shape index (κ3) is 2.37. The zero-order chi connectivity index (χ0) is 15.2. The Kier molecular flexibility index (Phi) is 3.36. The van der Waals surface area contributed by atoms with Gasteiger partial charge < -0.3 is 9.84 Å². The molecule has 1 atom stereocenters. The minimum atomic E-state index is -1.82. The molecular formula is C15H10ClFO3S. The molecule has 1 N–H and O–H groups in total. The van der Waals surface area contributed by atoms with Crippen LogP contribution < -0.4 is 0 Å². The van der Waals surface area contributed by atoms with Crippen molar-refractivity contribution in [2.75, 3.05) is 0 Å². The molecule has 0 aliphatic carbocycles. The Morgan fingerprint density at radius 1 is 1.29 bits per heavy atom. The van der Waals surface area contributed by atoms with E-state index in [1.54, 1.807) is 18.2 Å². The Morgan fingerprint density at radius 2 is 2.00 bits per heavy atom. The van der Waals surface area contributed by atoms with Crippen LogP contribution in [-0.4, -0.2) is 16.9 Å². The van der Waals surface area contributed by atoms with Gasteiger partial charge in [0, 0.05) is 17.4 Å². The maximum Gasteiger partial charge on any atom is 0.342 e. The van der Waals surface area contributed by atoms with Crippen molar-refractivity contribution in [3.05, 3.63) is 57.0 Å². The van der Waals surface area contributed by atoms with Crippen molar-refractivity contribution in [3.63, 3.8) is 0 Å². The van der Waals surface area contributed by atoms with Gasteiger partial charge in [-0.3, -0.25) is 0 Å². The highest BCUT2D eigenvalue weighted by Crippen LogP contribution is 2.45. The van der Waals surface area contributed by atoms with Crippen LogP contribution in [0.1, 0.15) is 17.4 Å². The molecule has 1 aromatic carbocycles. The lowest BCUT2D eigenvalue weighted by atomic mass is 9.96. The quantitative estimate of drug-likeness (QED) is 0.856. The molecule has 2 aromatic rings. The summed E-state index contributed by atoms with van der Waals surface area (Å²) < 4.78 is 19.5. The number of hydrogen-bond acceptors (Lipinski definition) is 4. The summed E-state index contributed by atoms with van der Waals surface area (Å²) in [7, 11) is 0. The van der Waals surface area contributed by atoms with Gasteiger partial charge in [0.15, 0.2) is 0 Å². The Bertz CT molecular complexity index is 764. The smallest absolute Gasteiger partial charge is 0.342 e. The summed E-state index contributed by atoms with van der Waals surface area (Å²) in [5.74, 6) is -3.13. The number of ether oxygens (including phenoxy) is 1. The first kappa shape index (κ1) is 14.3. The SMILES string of the molecule is CC1(O)OC(=O)C(c2ccccc2F)=C1c1ccc(Cl)s1. The monoisotopic (exact) mass is 324 g/mol. The Hall–Kier alpha value is -1.69. The van der Waals surface area contributed by atoms with Crippen molar-refractivity contribution in [2.45, 2.75) is 12.7 Å². The molecule has 108 valence electrons. The largest absolute Gasteiger partial charge is 0.425 e. The van der Waals surface area contributed by atoms with Crippen LogP contribution in [0.5, 0.6) is 0 Å². The Balaban J connectivity index is 2.30. The summed E-state index contributed by atoms with van der Waals surface area (Å²) in [5.41, 5.74) is 0.353. The molecule has 0 amide bonds. The Morgan fingerprint density at radius 3 is 2.62 bits per heavy atom. The molecule has 1 aliphatic rings. The standard InChI is InChI=1S/C15H10ClFO3S/c1-15(19)13(10-6-7-11(16)21-10)12(14(18)20-15)8-4-2-3-5-9(8)17/h2-7,19H,1H3. The number of halogens is 2. The van der Waals surface area contributed by atoms with Gasteiger partial charge in [0.25, 0.3) is 0 Å². The van der Waals surface area contributed by atoms with Gasteiger partial charge in [0.2, 0.25) is 5.79 Å². The zero-order valence-corrected chi connectivity index (χ0v) is 12.5. The first-order chi connectivity index (χ1) is 9.90. The predicted molar refractivity (Wildman–Crippen MR) is 79.3 cm³/mol. The third-order valence-electron chi connectivity index (χ3n) is 3.17. The van der Waals surface area contributed by atoms with Crippen LogP contribution in [0, 0.1) is 5.82 Å². The molecule has 0 bridgehead atoms. The van der Waals surface area contributed by atoms with Crippen molar-refractivity contribution in [1.82, 2.24) is 0 Å². The highest BCUT2D eigenvalue weighted by atomic mass is 35.5. The van der Waals surface area contributed by atoms with Crippen LogP contribution >= 0.6 is 22.9 Å². The lowest BCUT2D eigenvalue weighted by Gasteiger charge is -2.18. The van der Waals surface area contributed by atoms with Crippen LogP contribution in [0.25, 0.3) is 11.1 Å². The third-order valence-corrected chi connectivity index (χ3v) is 4.42. The maximum absolute atomic E-state index is 14.0. The van der Waals surface area contributed by atoms with E-state index in [0.717, 1.165) is 0 Å². The lowest BCUT2D eigenvalue weighted by Crippen LogP contribution is -2.25. The number of carbonyl (C=O) groups excluding carboxylic acids is 1. The van der Waals surface area contributed by atoms with E-state index in [1.165, 1.54) is 36.5 Å². The average molecular weight is 325 g/mol. The molecule has 6 heteroatoms. The molecule has 3 nitrogen and oxygen atoms in total. The van der Waals surface area contributed by atoms with Gasteiger partial charge in [-0.2, -0.15) is 0 Å². The maximum atomic E-state index is 14.0. The molecule has 0 radical (unpaired) electrons. The van der Waals surface area contributed by atoms with Crippen molar-refractivity contribution >= 4 is 40.1 Å². The van der Waals surface area contributed by atoms with E-state index < -0.39 is 17.6 Å². The minimum absolute atomic E-state index is 0.0246. The number of carbonyl (C=O) groups is 1. The summed E-state index contributed by atoms with van der Waals surface area (Å²) >= 11 is 7.09. The summed E-state index contributed by atoms with van der Waals surface area (Å²) in [6, 6.07) is 9.18. The van der Waals surface area contributed by atoms with Gasteiger partial charge in [-0.05, 0) is 18.2 Å². The molecule has 21 heavy (non-hydrogen) atoms. The first-order valence-corrected chi connectivity index (χ1v) is 7.30. The Labute approximate surface area is 129 Å². The average Bonchev–Trinajstić information content (AvgIpc) is 2.91. The molecule has 1 aliphatic heterocycles. The van der Waals surface area contributed by atoms with E-state index in [-0.39, 0.29) is 16.7 Å². The molecule has 2 heterocycles. The van der Waals surface area contributed by atoms with Gasteiger partial charge >= 0.3 is 5.97 Å². The molecular weight excluding hydrogens is 315 g/mol. The second-order valence-corrected chi connectivity index (χ2v) is 6.42. The van der Waals surface area contributed by atoms with Crippen LogP contribution in [-0.2, 0) is 9.53 Å². The van der Waals surface area contributed by atoms with Gasteiger partial charge in [-0.25, -0.2) is 9.18 Å². The summed E-state index contributed by atoms with van der Waals surface area (Å²) in [5, 5.41) is 10.4. The van der Waals surface area contributed by atoms with E-state index >= 15 is 0 Å². The number of rotatable bonds is 2. The van der Waals surface area contributed by atoms with Crippen molar-refractivity contribution < 1.29 is 19.0 Å². The molecule has 3 rings (SSSR count). The second-order valence-electron chi connectivity index (χ2n) is 4.71. The molecule has 1 unspecified atom stereocenters. The fourth-order valence-corrected chi connectivity index (χ4v) is 3.51. The molecule has 0 fully saturated rings. The van der Waals surface area contributed by atoms with Crippen LogP contribution in [0.2, 0.25) is 4.34 Å². The molecule has 0 saturated carbocycles. The van der Waals surface area contributed by atoms with E-state index in [2.05, 4.69) is 0 Å². The fraction of sp³-hybridized carbons (Fsp3) is 0.133. The summed E-state index contributed by atoms with van der Waals surface area (Å²) in [4.78, 5) is 12.7. The van der Waals surface area contributed by atoms with E-state index in [0.29, 0.717) is 9.21 Å². The highest BCUT2D eigenvalue weighted by molar-refractivity contribution is 7.17. The van der Waals surface area contributed by atoms with Gasteiger partial charge in [-0.1, -0.05) is 29.8 Å². The predicted octanol–water partition coefficient (Wildman–Crippen LogP) is 3.72. The van der Waals surface area contributed by atoms with Crippen molar-refractivity contribution in [3.8, 4) is 0 Å². The minimum Gasteiger partial charge on any atom is -0.425 e. The second kappa shape index (κ2) is 4.94. The number of aliphatic hydroxyl groups is 1. The van der Waals surface area contributed by atoms with Gasteiger partial charge in [-0.15, -0.1) is 11.3 Å². The molecule has 0 saturated heterocycles. The fourth-order valence-electron chi connectivity index (χ4n) is 2.33. The lowest BCUT2D eigenvalue weighted by molar-refractivity contribution is -0.169. The summed E-state index contributed by atoms with van der Waals surface area (Å²) in [6.07, 6.45) is 0. The number of benzene rings is 1. The first-order valence-electron chi connectivity index (χ1n) is 6.11. The van der Waals surface area contributed by atoms with E-state index in [9.17, 15) is 14.3 Å². The topological polar surface area (TPSA) is 46.5 Å². The number of thiophene rings is 1. The normalized spacial score (nSPS) is 21.8. The van der Waals surface area contributed by atoms with Gasteiger partial charge in [0.05, 0.1) is 15.5 Å². The molecule has 1 aromatic heterocycles.